The normalized spacial score (nSPS) is 15.5. The molecule has 2 N–H and O–H groups in total. The van der Waals surface area contributed by atoms with Gasteiger partial charge in [-0.25, -0.2) is 0 Å². The maximum absolute atomic E-state index is 12.3. The van der Waals surface area contributed by atoms with Gasteiger partial charge in [0.25, 0.3) is 5.91 Å². The fourth-order valence-corrected chi connectivity index (χ4v) is 3.50. The molecule has 28 heavy (non-hydrogen) atoms. The lowest BCUT2D eigenvalue weighted by atomic mass is 10.1. The van der Waals surface area contributed by atoms with E-state index in [-0.39, 0.29) is 17.9 Å². The van der Waals surface area contributed by atoms with Crippen molar-refractivity contribution in [3.63, 3.8) is 0 Å². The lowest BCUT2D eigenvalue weighted by molar-refractivity contribution is -0.116. The number of benzene rings is 2. The number of carbonyl (C=O) groups excluding carboxylic acids is 2. The van der Waals surface area contributed by atoms with Crippen molar-refractivity contribution in [2.75, 3.05) is 26.7 Å². The molecule has 2 aromatic carbocycles. The van der Waals surface area contributed by atoms with E-state index in [0.29, 0.717) is 12.1 Å². The average molecular weight is 377 g/mol. The van der Waals surface area contributed by atoms with Gasteiger partial charge in [-0.05, 0) is 55.3 Å². The second-order valence-corrected chi connectivity index (χ2v) is 6.95. The standard InChI is InChI=1S/C23H27N3O2/c1-24-23(28)20-12-9-18(10-13-20)11-14-22(27)25-17-21(26-15-5-6-16-26)19-7-3-2-4-8-19/h2-4,7-14,21H,5-6,15-17H2,1H3,(H,24,28)(H,25,27)/b14-11+. The molecule has 0 bridgehead atoms. The van der Waals surface area contributed by atoms with Crippen LogP contribution in [0.15, 0.2) is 60.7 Å². The van der Waals surface area contributed by atoms with Crippen LogP contribution in [0.3, 0.4) is 0 Å². The summed E-state index contributed by atoms with van der Waals surface area (Å²) in [6.45, 7) is 2.73. The number of amides is 2. The van der Waals surface area contributed by atoms with E-state index in [4.69, 9.17) is 0 Å². The second-order valence-electron chi connectivity index (χ2n) is 6.95. The lowest BCUT2D eigenvalue weighted by Crippen LogP contribution is -2.36. The summed E-state index contributed by atoms with van der Waals surface area (Å²) in [6.07, 6.45) is 5.73. The van der Waals surface area contributed by atoms with Crippen LogP contribution < -0.4 is 10.6 Å². The van der Waals surface area contributed by atoms with E-state index >= 15 is 0 Å². The van der Waals surface area contributed by atoms with Crippen molar-refractivity contribution in [2.24, 2.45) is 0 Å². The Morgan fingerprint density at radius 1 is 1.04 bits per heavy atom. The largest absolute Gasteiger partial charge is 0.355 e. The molecule has 5 nitrogen and oxygen atoms in total. The molecule has 2 aromatic rings. The molecule has 2 amide bonds. The zero-order valence-electron chi connectivity index (χ0n) is 16.2. The summed E-state index contributed by atoms with van der Waals surface area (Å²) in [4.78, 5) is 26.3. The molecule has 146 valence electrons. The fourth-order valence-electron chi connectivity index (χ4n) is 3.50. The van der Waals surface area contributed by atoms with E-state index in [0.717, 1.165) is 18.7 Å². The Morgan fingerprint density at radius 2 is 1.71 bits per heavy atom. The first kappa shape index (κ1) is 19.8. The van der Waals surface area contributed by atoms with Crippen molar-refractivity contribution in [3.8, 4) is 0 Å². The van der Waals surface area contributed by atoms with Crippen LogP contribution in [0.2, 0.25) is 0 Å². The minimum Gasteiger partial charge on any atom is -0.355 e. The van der Waals surface area contributed by atoms with Crippen molar-refractivity contribution in [1.82, 2.24) is 15.5 Å². The third-order valence-corrected chi connectivity index (χ3v) is 5.06. The van der Waals surface area contributed by atoms with Gasteiger partial charge < -0.3 is 10.6 Å². The summed E-state index contributed by atoms with van der Waals surface area (Å²) < 4.78 is 0. The molecular weight excluding hydrogens is 350 g/mol. The maximum Gasteiger partial charge on any atom is 0.251 e. The number of hydrogen-bond donors (Lipinski definition) is 2. The number of nitrogens with zero attached hydrogens (tertiary/aromatic N) is 1. The quantitative estimate of drug-likeness (QED) is 0.729. The van der Waals surface area contributed by atoms with Crippen molar-refractivity contribution in [1.29, 1.82) is 0 Å². The molecule has 1 atom stereocenters. The molecular formula is C23H27N3O2. The first-order valence-electron chi connectivity index (χ1n) is 9.74. The predicted octanol–water partition coefficient (Wildman–Crippen LogP) is 3.01. The third kappa shape index (κ3) is 5.30. The van der Waals surface area contributed by atoms with Gasteiger partial charge in [-0.2, -0.15) is 0 Å². The summed E-state index contributed by atoms with van der Waals surface area (Å²) in [7, 11) is 1.60. The molecule has 1 aliphatic heterocycles. The molecule has 1 fully saturated rings. The van der Waals surface area contributed by atoms with Gasteiger partial charge in [0, 0.05) is 25.2 Å². The topological polar surface area (TPSA) is 61.4 Å². The Labute approximate surface area is 166 Å². The molecule has 0 saturated carbocycles. The van der Waals surface area contributed by atoms with Gasteiger partial charge in [0.15, 0.2) is 0 Å². The number of carbonyl (C=O) groups is 2. The third-order valence-electron chi connectivity index (χ3n) is 5.06. The predicted molar refractivity (Wildman–Crippen MR) is 112 cm³/mol. The van der Waals surface area contributed by atoms with E-state index in [1.165, 1.54) is 18.4 Å². The number of likely N-dealkylation sites (tertiary alicyclic amines) is 1. The molecule has 0 radical (unpaired) electrons. The number of hydrogen-bond acceptors (Lipinski definition) is 3. The highest BCUT2D eigenvalue weighted by atomic mass is 16.2. The molecule has 1 aliphatic rings. The van der Waals surface area contributed by atoms with Crippen LogP contribution >= 0.6 is 0 Å². The first-order valence-corrected chi connectivity index (χ1v) is 9.74. The van der Waals surface area contributed by atoms with Crippen LogP contribution in [0.25, 0.3) is 6.08 Å². The number of rotatable bonds is 7. The summed E-state index contributed by atoms with van der Waals surface area (Å²) >= 11 is 0. The summed E-state index contributed by atoms with van der Waals surface area (Å²) in [5.41, 5.74) is 2.71. The minimum absolute atomic E-state index is 0.115. The van der Waals surface area contributed by atoms with Crippen LogP contribution in [0.4, 0.5) is 0 Å². The minimum atomic E-state index is -0.123. The van der Waals surface area contributed by atoms with Crippen molar-refractivity contribution in [3.05, 3.63) is 77.4 Å². The summed E-state index contributed by atoms with van der Waals surface area (Å²) in [5.74, 6) is -0.238. The van der Waals surface area contributed by atoms with Gasteiger partial charge in [0.05, 0.1) is 6.04 Å². The van der Waals surface area contributed by atoms with Gasteiger partial charge >= 0.3 is 0 Å². The van der Waals surface area contributed by atoms with E-state index in [1.807, 2.05) is 30.3 Å². The van der Waals surface area contributed by atoms with Crippen LogP contribution in [0, 0.1) is 0 Å². The zero-order valence-corrected chi connectivity index (χ0v) is 16.2. The highest BCUT2D eigenvalue weighted by Gasteiger charge is 2.23. The number of nitrogens with one attached hydrogen (secondary N) is 2. The van der Waals surface area contributed by atoms with Gasteiger partial charge in [-0.3, -0.25) is 14.5 Å². The second kappa shape index (κ2) is 9.85. The van der Waals surface area contributed by atoms with Crippen LogP contribution in [-0.4, -0.2) is 43.4 Å². The van der Waals surface area contributed by atoms with Gasteiger partial charge in [0.2, 0.25) is 5.91 Å². The molecule has 1 heterocycles. The highest BCUT2D eigenvalue weighted by Crippen LogP contribution is 2.24. The Bertz CT molecular complexity index is 810. The Hall–Kier alpha value is -2.92. The van der Waals surface area contributed by atoms with Crippen molar-refractivity contribution < 1.29 is 9.59 Å². The summed E-state index contributed by atoms with van der Waals surface area (Å²) in [6, 6.07) is 17.7. The summed E-state index contributed by atoms with van der Waals surface area (Å²) in [5, 5.41) is 5.63. The monoisotopic (exact) mass is 377 g/mol. The highest BCUT2D eigenvalue weighted by molar-refractivity contribution is 5.94. The van der Waals surface area contributed by atoms with E-state index < -0.39 is 0 Å². The first-order chi connectivity index (χ1) is 13.7. The van der Waals surface area contributed by atoms with Crippen LogP contribution in [0.5, 0.6) is 0 Å². The van der Waals surface area contributed by atoms with E-state index in [1.54, 1.807) is 31.3 Å². The Balaban J connectivity index is 1.58. The van der Waals surface area contributed by atoms with E-state index in [2.05, 4.69) is 27.7 Å². The van der Waals surface area contributed by atoms with Gasteiger partial charge in [-0.1, -0.05) is 42.5 Å². The smallest absolute Gasteiger partial charge is 0.251 e. The van der Waals surface area contributed by atoms with Crippen LogP contribution in [-0.2, 0) is 4.79 Å². The molecule has 3 rings (SSSR count). The molecule has 0 aromatic heterocycles. The molecule has 1 unspecified atom stereocenters. The molecule has 0 aliphatic carbocycles. The molecule has 1 saturated heterocycles. The van der Waals surface area contributed by atoms with E-state index in [9.17, 15) is 9.59 Å². The lowest BCUT2D eigenvalue weighted by Gasteiger charge is -2.28. The molecule has 5 heteroatoms. The Kier molecular flexibility index (Phi) is 6.98. The SMILES string of the molecule is CNC(=O)c1ccc(/C=C/C(=O)NCC(c2ccccc2)N2CCCC2)cc1. The van der Waals surface area contributed by atoms with Crippen molar-refractivity contribution in [2.45, 2.75) is 18.9 Å². The zero-order chi connectivity index (χ0) is 19.8. The molecule has 0 spiro atoms. The maximum atomic E-state index is 12.3. The fraction of sp³-hybridized carbons (Fsp3) is 0.304. The van der Waals surface area contributed by atoms with Crippen molar-refractivity contribution >= 4 is 17.9 Å². The van der Waals surface area contributed by atoms with Crippen LogP contribution in [0.1, 0.15) is 40.4 Å². The Morgan fingerprint density at radius 3 is 2.36 bits per heavy atom. The average Bonchev–Trinajstić information content (AvgIpc) is 3.27. The van der Waals surface area contributed by atoms with Gasteiger partial charge in [0.1, 0.15) is 0 Å². The van der Waals surface area contributed by atoms with Gasteiger partial charge in [-0.15, -0.1) is 0 Å².